The number of aromatic carboxylic acids is 1. The maximum Gasteiger partial charge on any atom is 0.393 e. The number of piperidine rings is 1. The molecule has 8 nitrogen and oxygen atoms in total. The summed E-state index contributed by atoms with van der Waals surface area (Å²) in [6.07, 6.45) is 0.465. The first-order chi connectivity index (χ1) is 21.3. The summed E-state index contributed by atoms with van der Waals surface area (Å²) in [6.45, 7) is 0.363. The van der Waals surface area contributed by atoms with Gasteiger partial charge >= 0.3 is 12.1 Å². The molecule has 1 aliphatic carbocycles. The summed E-state index contributed by atoms with van der Waals surface area (Å²) < 4.78 is 69.9. The molecule has 2 fully saturated rings. The minimum atomic E-state index is -4.28. The monoisotopic (exact) mass is 663 g/mol. The highest BCUT2D eigenvalue weighted by atomic mass is 32.3. The van der Waals surface area contributed by atoms with Gasteiger partial charge in [-0.15, -0.1) is 11.3 Å². The number of benzene rings is 2. The summed E-state index contributed by atoms with van der Waals surface area (Å²) in [5.41, 5.74) is 3.92. The summed E-state index contributed by atoms with van der Waals surface area (Å²) in [5.74, 6) is -2.85. The molecule has 0 amide bonds. The number of thiazole rings is 1. The van der Waals surface area contributed by atoms with Gasteiger partial charge in [-0.05, 0) is 78.0 Å². The van der Waals surface area contributed by atoms with Crippen molar-refractivity contribution < 1.29 is 31.7 Å². The second kappa shape index (κ2) is 12.0. The van der Waals surface area contributed by atoms with Crippen LogP contribution in [0.3, 0.4) is 0 Å². The van der Waals surface area contributed by atoms with Gasteiger partial charge in [-0.1, -0.05) is 18.2 Å². The number of alkyl halides is 3. The Balaban J connectivity index is 1.46. The van der Waals surface area contributed by atoms with Gasteiger partial charge in [0, 0.05) is 48.0 Å². The molecule has 1 saturated carbocycles. The van der Waals surface area contributed by atoms with Gasteiger partial charge in [0.25, 0.3) is 0 Å². The van der Waals surface area contributed by atoms with E-state index >= 15 is 4.39 Å². The normalized spacial score (nSPS) is 17.9. The van der Waals surface area contributed by atoms with Gasteiger partial charge in [0.2, 0.25) is 5.13 Å². The Hall–Kier alpha value is -3.62. The average molecular weight is 664 g/mol. The minimum Gasteiger partial charge on any atom is -0.476 e. The molecule has 0 radical (unpaired) electrons. The lowest BCUT2D eigenvalue weighted by Crippen LogP contribution is -2.41. The van der Waals surface area contributed by atoms with Crippen LogP contribution in [-0.2, 0) is 23.0 Å². The van der Waals surface area contributed by atoms with E-state index in [9.17, 15) is 27.3 Å². The fourth-order valence-electron chi connectivity index (χ4n) is 5.88. The zero-order valence-electron chi connectivity index (χ0n) is 24.4. The first-order valence-electron chi connectivity index (χ1n) is 14.6. The number of carbonyl (C=O) groups is 1. The predicted octanol–water partition coefficient (Wildman–Crippen LogP) is 6.03. The number of aromatic nitrogens is 3. The van der Waals surface area contributed by atoms with Crippen molar-refractivity contribution in [3.8, 4) is 16.4 Å². The highest BCUT2D eigenvalue weighted by Gasteiger charge is 2.42. The van der Waals surface area contributed by atoms with Gasteiger partial charge in [0.05, 0.1) is 22.2 Å². The molecule has 14 heteroatoms. The minimum absolute atomic E-state index is 0.0456. The van der Waals surface area contributed by atoms with E-state index in [1.54, 1.807) is 27.8 Å². The number of anilines is 1. The highest BCUT2D eigenvalue weighted by Crippen LogP contribution is 2.40. The van der Waals surface area contributed by atoms with E-state index in [1.165, 1.54) is 23.8 Å². The Bertz CT molecular complexity index is 1790. The van der Waals surface area contributed by atoms with Crippen LogP contribution in [0.4, 0.5) is 23.2 Å². The van der Waals surface area contributed by atoms with E-state index in [2.05, 4.69) is 4.98 Å². The van der Waals surface area contributed by atoms with Crippen molar-refractivity contribution in [3.63, 3.8) is 0 Å². The van der Waals surface area contributed by atoms with Gasteiger partial charge in [-0.2, -0.15) is 18.3 Å². The second-order valence-corrected chi connectivity index (χ2v) is 15.3. The van der Waals surface area contributed by atoms with Crippen LogP contribution >= 0.6 is 11.3 Å². The van der Waals surface area contributed by atoms with Crippen molar-refractivity contribution in [1.82, 2.24) is 14.8 Å². The summed E-state index contributed by atoms with van der Waals surface area (Å²) in [7, 11) is -3.33. The number of nitrogens with two attached hydrogens (primary N) is 1. The number of thiol groups is 1. The van der Waals surface area contributed by atoms with Crippen molar-refractivity contribution in [2.75, 3.05) is 24.2 Å². The molecular weight excluding hydrogens is 630 g/mol. The molecule has 1 aliphatic heterocycles. The highest BCUT2D eigenvalue weighted by molar-refractivity contribution is 8.00. The lowest BCUT2D eigenvalue weighted by atomic mass is 9.95. The average Bonchev–Trinajstić information content (AvgIpc) is 3.54. The third-order valence-electron chi connectivity index (χ3n) is 8.40. The molecule has 1 saturated heterocycles. The summed E-state index contributed by atoms with van der Waals surface area (Å²) in [4.78, 5) is 17.6. The smallest absolute Gasteiger partial charge is 0.393 e. The third kappa shape index (κ3) is 6.82. The first-order valence-corrected chi connectivity index (χ1v) is 17.8. The standard InChI is InChI=1S/C31H33F4N5O3S2/c1-45(36,43)27-10-9-19(13-24(27)32)12-23-26(14-18-7-8-18)40(30-37-25(17-44-30)29(41)42)38-28(23)20-4-2-6-22(15-20)39-11-3-5-21(16-39)31(33,34)35/h2,4,6,9-10,13,15,17-18,21,45H,3,5,7-8,11-12,14,16H2,1H3,(H2,36,43)(H,41,42). The van der Waals surface area contributed by atoms with E-state index in [4.69, 9.17) is 10.2 Å². The van der Waals surface area contributed by atoms with Gasteiger partial charge < -0.3 is 10.0 Å². The largest absolute Gasteiger partial charge is 0.476 e. The Morgan fingerprint density at radius 2 is 1.96 bits per heavy atom. The number of nitrogens with zero attached hydrogens (tertiary/aromatic N) is 4. The predicted molar refractivity (Wildman–Crippen MR) is 166 cm³/mol. The molecule has 2 aliphatic rings. The Labute approximate surface area is 262 Å². The zero-order valence-corrected chi connectivity index (χ0v) is 26.1. The molecule has 45 heavy (non-hydrogen) atoms. The number of rotatable bonds is 9. The first kappa shape index (κ1) is 31.4. The van der Waals surface area contributed by atoms with Crippen molar-refractivity contribution in [2.24, 2.45) is 17.0 Å². The Morgan fingerprint density at radius 3 is 2.60 bits per heavy atom. The maximum absolute atomic E-state index is 15.1. The van der Waals surface area contributed by atoms with Crippen LogP contribution in [0.5, 0.6) is 0 Å². The number of hydrogen-bond acceptors (Lipinski definition) is 6. The van der Waals surface area contributed by atoms with Gasteiger partial charge in [-0.3, -0.25) is 9.35 Å². The second-order valence-electron chi connectivity index (χ2n) is 12.0. The van der Waals surface area contributed by atoms with Crippen LogP contribution in [0.15, 0.2) is 52.7 Å². The molecule has 4 aromatic rings. The van der Waals surface area contributed by atoms with Crippen molar-refractivity contribution in [1.29, 1.82) is 0 Å². The third-order valence-corrected chi connectivity index (χ3v) is 10.5. The van der Waals surface area contributed by atoms with E-state index in [-0.39, 0.29) is 30.0 Å². The lowest BCUT2D eigenvalue weighted by molar-refractivity contribution is -0.176. The molecule has 2 aromatic carbocycles. The van der Waals surface area contributed by atoms with Crippen molar-refractivity contribution in [3.05, 3.63) is 76.2 Å². The fourth-order valence-corrected chi connectivity index (χ4v) is 7.51. The van der Waals surface area contributed by atoms with Gasteiger partial charge in [-0.25, -0.2) is 18.9 Å². The van der Waals surface area contributed by atoms with Gasteiger partial charge in [0.15, 0.2) is 5.69 Å². The molecular formula is C31H33F4N5O3S2. The molecule has 1 atom stereocenters. The summed E-state index contributed by atoms with van der Waals surface area (Å²) in [6, 6.07) is 11.7. The van der Waals surface area contributed by atoms with Crippen molar-refractivity contribution in [2.45, 2.75) is 49.6 Å². The zero-order chi connectivity index (χ0) is 32.1. The Kier molecular flexibility index (Phi) is 8.33. The molecule has 0 bridgehead atoms. The summed E-state index contributed by atoms with van der Waals surface area (Å²) >= 11 is 1.14. The molecule has 3 N–H and O–H groups in total. The molecule has 2 aromatic heterocycles. The number of hydrogen-bond donors (Lipinski definition) is 3. The van der Waals surface area contributed by atoms with E-state index in [0.717, 1.165) is 35.4 Å². The van der Waals surface area contributed by atoms with E-state index < -0.39 is 34.0 Å². The number of carboxylic acids is 1. The summed E-state index contributed by atoms with van der Waals surface area (Å²) in [5, 5.41) is 22.0. The van der Waals surface area contributed by atoms with Crippen LogP contribution < -0.4 is 10.0 Å². The molecule has 0 spiro atoms. The van der Waals surface area contributed by atoms with Crippen LogP contribution in [0.25, 0.3) is 16.4 Å². The van der Waals surface area contributed by atoms with Crippen LogP contribution in [0, 0.1) is 17.7 Å². The van der Waals surface area contributed by atoms with Crippen LogP contribution in [-0.4, -0.2) is 55.6 Å². The van der Waals surface area contributed by atoms with Gasteiger partial charge in [0.1, 0.15) is 5.82 Å². The molecule has 6 rings (SSSR count). The van der Waals surface area contributed by atoms with Crippen molar-refractivity contribution >= 4 is 33.1 Å². The lowest BCUT2D eigenvalue weighted by Gasteiger charge is -2.35. The fraction of sp³-hybridized carbons (Fsp3) is 0.387. The number of carboxylic acid groups (broad SMARTS) is 1. The molecule has 240 valence electrons. The van der Waals surface area contributed by atoms with E-state index in [0.29, 0.717) is 52.9 Å². The molecule has 3 heterocycles. The topological polar surface area (TPSA) is 114 Å². The number of halogens is 4. The Morgan fingerprint density at radius 1 is 1.18 bits per heavy atom. The van der Waals surface area contributed by atoms with Crippen LogP contribution in [0.2, 0.25) is 0 Å². The SMILES string of the molecule is C[SH](N)(=O)c1ccc(Cc2c(-c3cccc(N4CCCC(C(F)(F)F)C4)c3)nn(-c3nc(C(=O)O)cs3)c2CC2CC2)cc1F. The van der Waals surface area contributed by atoms with Crippen LogP contribution in [0.1, 0.15) is 53.0 Å². The molecule has 1 unspecified atom stereocenters. The quantitative estimate of drug-likeness (QED) is 0.149. The maximum atomic E-state index is 15.1. The van der Waals surface area contributed by atoms with E-state index in [1.807, 2.05) is 12.1 Å².